The molecule has 31 heavy (non-hydrogen) atoms. The third-order valence-electron chi connectivity index (χ3n) is 4.98. The first-order chi connectivity index (χ1) is 14.8. The van der Waals surface area contributed by atoms with Gasteiger partial charge in [-0.25, -0.2) is 8.42 Å². The molecule has 0 aliphatic carbocycles. The van der Waals surface area contributed by atoms with E-state index >= 15 is 0 Å². The molecule has 1 atom stereocenters. The van der Waals surface area contributed by atoms with Crippen LogP contribution >= 0.6 is 11.6 Å². The van der Waals surface area contributed by atoms with Crippen molar-refractivity contribution in [3.05, 3.63) is 95.0 Å². The number of amides is 1. The summed E-state index contributed by atoms with van der Waals surface area (Å²) in [7, 11) is -3.96. The second-order valence-corrected chi connectivity index (χ2v) is 9.72. The first-order valence-corrected chi connectivity index (χ1v) is 11.8. The lowest BCUT2D eigenvalue weighted by molar-refractivity contribution is -0.119. The number of rotatable bonds is 8. The van der Waals surface area contributed by atoms with E-state index in [9.17, 15) is 13.2 Å². The summed E-state index contributed by atoms with van der Waals surface area (Å²) in [6.07, 6.45) is 0. The molecule has 162 valence electrons. The summed E-state index contributed by atoms with van der Waals surface area (Å²) in [6.45, 7) is 4.01. The van der Waals surface area contributed by atoms with Gasteiger partial charge in [0.05, 0.1) is 10.6 Å². The van der Waals surface area contributed by atoms with E-state index < -0.39 is 10.0 Å². The standard InChI is InChI=1S/C24H25ClN2O3S/c1-18-8-12-22(13-9-18)27(31(29,30)23-14-10-21(25)11-15-23)17-24(28)26-16-19(2)20-6-4-3-5-7-20/h3-15,19H,16-17H2,1-2H3,(H,26,28)/t19-/m0/s1. The number of carbonyl (C=O) groups excluding carboxylic acids is 1. The Kier molecular flexibility index (Phi) is 7.36. The topological polar surface area (TPSA) is 66.5 Å². The first-order valence-electron chi connectivity index (χ1n) is 9.94. The van der Waals surface area contributed by atoms with Crippen LogP contribution in [0, 0.1) is 6.92 Å². The van der Waals surface area contributed by atoms with Gasteiger partial charge in [0.25, 0.3) is 10.0 Å². The fraction of sp³-hybridized carbons (Fsp3) is 0.208. The van der Waals surface area contributed by atoms with Crippen molar-refractivity contribution in [1.29, 1.82) is 0 Å². The molecule has 5 nitrogen and oxygen atoms in total. The Morgan fingerprint density at radius 1 is 0.968 bits per heavy atom. The Morgan fingerprint density at radius 2 is 1.58 bits per heavy atom. The molecular weight excluding hydrogens is 432 g/mol. The number of aryl methyl sites for hydroxylation is 1. The summed E-state index contributed by atoms with van der Waals surface area (Å²) < 4.78 is 27.8. The Labute approximate surface area is 188 Å². The predicted octanol–water partition coefficient (Wildman–Crippen LogP) is 4.76. The molecule has 3 aromatic rings. The molecule has 0 saturated carbocycles. The highest BCUT2D eigenvalue weighted by Crippen LogP contribution is 2.25. The van der Waals surface area contributed by atoms with Crippen molar-refractivity contribution in [2.45, 2.75) is 24.7 Å². The molecule has 0 fully saturated rings. The largest absolute Gasteiger partial charge is 0.354 e. The highest BCUT2D eigenvalue weighted by molar-refractivity contribution is 7.92. The number of sulfonamides is 1. The summed E-state index contributed by atoms with van der Waals surface area (Å²) in [5.41, 5.74) is 2.52. The van der Waals surface area contributed by atoms with Gasteiger partial charge in [-0.3, -0.25) is 9.10 Å². The van der Waals surface area contributed by atoms with Gasteiger partial charge in [0.15, 0.2) is 0 Å². The van der Waals surface area contributed by atoms with Crippen LogP contribution in [0.15, 0.2) is 83.8 Å². The molecule has 1 N–H and O–H groups in total. The first kappa shape index (κ1) is 22.8. The van der Waals surface area contributed by atoms with Gasteiger partial charge in [0.2, 0.25) is 5.91 Å². The number of hydrogen-bond donors (Lipinski definition) is 1. The molecule has 0 aromatic heterocycles. The fourth-order valence-electron chi connectivity index (χ4n) is 3.11. The van der Waals surface area contributed by atoms with Gasteiger partial charge in [0, 0.05) is 11.6 Å². The van der Waals surface area contributed by atoms with Crippen molar-refractivity contribution < 1.29 is 13.2 Å². The molecule has 1 amide bonds. The predicted molar refractivity (Wildman–Crippen MR) is 125 cm³/mol. The number of halogens is 1. The smallest absolute Gasteiger partial charge is 0.264 e. The third kappa shape index (κ3) is 5.87. The molecule has 0 aliphatic heterocycles. The molecule has 0 saturated heterocycles. The van der Waals surface area contributed by atoms with Crippen molar-refractivity contribution in [2.24, 2.45) is 0 Å². The minimum absolute atomic E-state index is 0.0722. The Bertz CT molecular complexity index is 1120. The van der Waals surface area contributed by atoms with Crippen LogP contribution in [-0.2, 0) is 14.8 Å². The lowest BCUT2D eigenvalue weighted by Crippen LogP contribution is -2.41. The van der Waals surface area contributed by atoms with Gasteiger partial charge >= 0.3 is 0 Å². The average molecular weight is 457 g/mol. The molecule has 0 unspecified atom stereocenters. The zero-order chi connectivity index (χ0) is 22.4. The van der Waals surface area contributed by atoms with E-state index in [1.165, 1.54) is 24.3 Å². The molecule has 0 spiro atoms. The number of carbonyl (C=O) groups is 1. The molecular formula is C24H25ClN2O3S. The van der Waals surface area contributed by atoms with Crippen molar-refractivity contribution >= 4 is 33.2 Å². The molecule has 0 bridgehead atoms. The molecule has 0 aliphatic rings. The maximum absolute atomic E-state index is 13.3. The minimum atomic E-state index is -3.96. The fourth-order valence-corrected chi connectivity index (χ4v) is 4.66. The quantitative estimate of drug-likeness (QED) is 0.531. The second kappa shape index (κ2) is 9.98. The van der Waals surface area contributed by atoms with Crippen LogP contribution in [0.3, 0.4) is 0 Å². The number of anilines is 1. The van der Waals surface area contributed by atoms with Crippen LogP contribution in [0.4, 0.5) is 5.69 Å². The Balaban J connectivity index is 1.80. The normalized spacial score (nSPS) is 12.2. The van der Waals surface area contributed by atoms with Gasteiger partial charge in [-0.05, 0) is 54.8 Å². The van der Waals surface area contributed by atoms with E-state index in [-0.39, 0.29) is 23.3 Å². The van der Waals surface area contributed by atoms with E-state index in [1.807, 2.05) is 56.3 Å². The van der Waals surface area contributed by atoms with E-state index in [0.717, 1.165) is 15.4 Å². The van der Waals surface area contributed by atoms with Crippen LogP contribution in [0.5, 0.6) is 0 Å². The molecule has 7 heteroatoms. The Morgan fingerprint density at radius 3 is 2.19 bits per heavy atom. The van der Waals surface area contributed by atoms with Crippen LogP contribution < -0.4 is 9.62 Å². The summed E-state index contributed by atoms with van der Waals surface area (Å²) in [5.74, 6) is -0.272. The summed E-state index contributed by atoms with van der Waals surface area (Å²) in [5, 5.41) is 3.30. The van der Waals surface area contributed by atoms with Crippen LogP contribution in [0.2, 0.25) is 5.02 Å². The van der Waals surface area contributed by atoms with Crippen molar-refractivity contribution in [1.82, 2.24) is 5.32 Å². The van der Waals surface area contributed by atoms with E-state index in [4.69, 9.17) is 11.6 Å². The van der Waals surface area contributed by atoms with Gasteiger partial charge in [0.1, 0.15) is 6.54 Å². The van der Waals surface area contributed by atoms with Crippen LogP contribution in [0.1, 0.15) is 24.0 Å². The third-order valence-corrected chi connectivity index (χ3v) is 7.02. The van der Waals surface area contributed by atoms with Gasteiger partial charge in [-0.2, -0.15) is 0 Å². The zero-order valence-electron chi connectivity index (χ0n) is 17.5. The summed E-state index contributed by atoms with van der Waals surface area (Å²) in [4.78, 5) is 12.8. The Hall–Kier alpha value is -2.83. The second-order valence-electron chi connectivity index (χ2n) is 7.42. The van der Waals surface area contributed by atoms with Crippen molar-refractivity contribution in [3.63, 3.8) is 0 Å². The van der Waals surface area contributed by atoms with E-state index in [1.54, 1.807) is 12.1 Å². The highest BCUT2D eigenvalue weighted by Gasteiger charge is 2.27. The van der Waals surface area contributed by atoms with Crippen molar-refractivity contribution in [3.8, 4) is 0 Å². The number of nitrogens with zero attached hydrogens (tertiary/aromatic N) is 1. The van der Waals surface area contributed by atoms with E-state index in [2.05, 4.69) is 5.32 Å². The number of hydrogen-bond acceptors (Lipinski definition) is 3. The lowest BCUT2D eigenvalue weighted by atomic mass is 10.0. The van der Waals surface area contributed by atoms with Gasteiger partial charge in [-0.1, -0.05) is 66.6 Å². The zero-order valence-corrected chi connectivity index (χ0v) is 19.0. The van der Waals surface area contributed by atoms with Crippen LogP contribution in [0.25, 0.3) is 0 Å². The maximum Gasteiger partial charge on any atom is 0.264 e. The summed E-state index contributed by atoms with van der Waals surface area (Å²) >= 11 is 5.91. The molecule has 0 heterocycles. The maximum atomic E-state index is 13.3. The van der Waals surface area contributed by atoms with Crippen molar-refractivity contribution in [2.75, 3.05) is 17.4 Å². The summed E-state index contributed by atoms with van der Waals surface area (Å²) in [6, 6.07) is 22.8. The van der Waals surface area contributed by atoms with E-state index in [0.29, 0.717) is 17.3 Å². The highest BCUT2D eigenvalue weighted by atomic mass is 35.5. The van der Waals surface area contributed by atoms with Crippen LogP contribution in [-0.4, -0.2) is 27.4 Å². The van der Waals surface area contributed by atoms with Gasteiger partial charge < -0.3 is 5.32 Å². The number of benzene rings is 3. The minimum Gasteiger partial charge on any atom is -0.354 e. The molecule has 0 radical (unpaired) electrons. The van der Waals surface area contributed by atoms with Gasteiger partial charge in [-0.15, -0.1) is 0 Å². The molecule has 3 aromatic carbocycles. The number of nitrogens with one attached hydrogen (secondary N) is 1. The lowest BCUT2D eigenvalue weighted by Gasteiger charge is -2.24. The average Bonchev–Trinajstić information content (AvgIpc) is 2.77. The monoisotopic (exact) mass is 456 g/mol. The molecule has 3 rings (SSSR count). The SMILES string of the molecule is Cc1ccc(N(CC(=O)NC[C@H](C)c2ccccc2)S(=O)(=O)c2ccc(Cl)cc2)cc1.